The fourth-order valence-electron chi connectivity index (χ4n) is 0. The van der Waals surface area contributed by atoms with E-state index in [1.54, 1.807) is 0 Å². The van der Waals surface area contributed by atoms with Gasteiger partial charge in [-0.25, -0.2) is 0 Å². The van der Waals surface area contributed by atoms with E-state index in [1.807, 2.05) is 0 Å². The van der Waals surface area contributed by atoms with Gasteiger partial charge in [0.1, 0.15) is 0 Å². The molecule has 5 heteroatoms. The molecule has 0 saturated carbocycles. The maximum atomic E-state index is 4.25. The molecule has 0 aromatic heterocycles. The molecule has 0 atom stereocenters. The van der Waals surface area contributed by atoms with E-state index in [4.69, 9.17) is 0 Å². The van der Waals surface area contributed by atoms with E-state index in [1.165, 1.54) is 0 Å². The zero-order valence-corrected chi connectivity index (χ0v) is 15.6. The molecule has 0 fully saturated rings. The Bertz CT molecular complexity index is 9.61. The molecule has 0 radical (unpaired) electrons. The zero-order valence-electron chi connectivity index (χ0n) is 2.94. The number of rotatable bonds is 0. The van der Waals surface area contributed by atoms with Crippen LogP contribution in [-0.4, -0.2) is 0 Å². The molecule has 0 spiro atoms. The van der Waals surface area contributed by atoms with Crippen LogP contribution in [0.4, 0.5) is 0 Å². The molecule has 0 aliphatic carbocycles. The average molecular weight is 354 g/mol. The van der Waals surface area contributed by atoms with E-state index in [2.05, 4.69) is 18.8 Å². The molecule has 0 saturated heterocycles. The predicted octanol–water partition coefficient (Wildman–Crippen LogP) is 1.29. The first-order valence-corrected chi connectivity index (χ1v) is 10.3. The molecule has 0 aromatic carbocycles. The molecule has 0 aliphatic rings. The molecule has 0 heterocycles. The summed E-state index contributed by atoms with van der Waals surface area (Å²) in [6.07, 6.45) is 0. The number of hydrogen-bond donors (Lipinski definition) is 0. The van der Waals surface area contributed by atoms with Gasteiger partial charge in [-0.1, -0.05) is 0 Å². The Hall–Kier alpha value is 2.91. The van der Waals surface area contributed by atoms with Crippen molar-refractivity contribution in [3.05, 3.63) is 0 Å². The standard InChI is InChI=1S/2Cd.2S.Zn. The Morgan fingerprint density at radius 2 is 1.20 bits per heavy atom. The second-order valence-electron chi connectivity index (χ2n) is 0. The van der Waals surface area contributed by atoms with E-state index in [0.29, 0.717) is 0 Å². The Labute approximate surface area is 84.4 Å². The van der Waals surface area contributed by atoms with E-state index in [-0.39, 0.29) is 27.3 Å². The minimum absolute atomic E-state index is 0. The normalized spacial score (nSPS) is 2.40. The van der Waals surface area contributed by atoms with Gasteiger partial charge in [-0.3, -0.25) is 0 Å². The van der Waals surface area contributed by atoms with Crippen LogP contribution in [0, 0.1) is 0 Å². The van der Waals surface area contributed by atoms with Crippen molar-refractivity contribution in [1.82, 2.24) is 0 Å². The van der Waals surface area contributed by atoms with Crippen LogP contribution in [0.15, 0.2) is 0 Å². The van der Waals surface area contributed by atoms with E-state index in [0.717, 1.165) is 40.2 Å². The first-order chi connectivity index (χ1) is 2.00. The van der Waals surface area contributed by atoms with Gasteiger partial charge in [-0.05, 0) is 0 Å². The number of hydrogen-bond acceptors (Lipinski definition) is 2. The Balaban J connectivity index is -0.0000000133. The van der Waals surface area contributed by atoms with Crippen molar-refractivity contribution in [1.29, 1.82) is 0 Å². The summed E-state index contributed by atoms with van der Waals surface area (Å²) in [6.45, 7) is 0. The fourth-order valence-corrected chi connectivity index (χ4v) is 0. The summed E-state index contributed by atoms with van der Waals surface area (Å²) in [6, 6.07) is 0. The molecule has 5 heavy (non-hydrogen) atoms. The monoisotopic (exact) mass is 356 g/mol. The molecule has 0 nitrogen and oxygen atoms in total. The molecule has 0 rings (SSSR count). The predicted molar refractivity (Wildman–Crippen MR) is 15.2 cm³/mol. The van der Waals surface area contributed by atoms with Gasteiger partial charge < -0.3 is 0 Å². The van der Waals surface area contributed by atoms with Gasteiger partial charge >= 0.3 is 59.0 Å². The first kappa shape index (κ1) is 15.7. The average Bonchev–Trinajstić information content (AvgIpc) is 1.50. The summed E-state index contributed by atoms with van der Waals surface area (Å²) < 4.78 is 0. The molecule has 0 aromatic rings. The van der Waals surface area contributed by atoms with Crippen molar-refractivity contribution in [3.63, 3.8) is 0 Å². The molecule has 0 unspecified atom stereocenters. The van der Waals surface area contributed by atoms with Crippen LogP contribution in [0.25, 0.3) is 0 Å². The Morgan fingerprint density at radius 3 is 1.20 bits per heavy atom. The second kappa shape index (κ2) is 28.5. The summed E-state index contributed by atoms with van der Waals surface area (Å²) in [5.74, 6) is 0. The van der Waals surface area contributed by atoms with Gasteiger partial charge in [0.15, 0.2) is 0 Å². The topological polar surface area (TPSA) is 0 Å². The van der Waals surface area contributed by atoms with Gasteiger partial charge in [0, 0.05) is 27.3 Å². The zero-order chi connectivity index (χ0) is 4.00. The van der Waals surface area contributed by atoms with Crippen molar-refractivity contribution in [2.75, 3.05) is 0 Å². The van der Waals surface area contributed by atoms with Crippen molar-refractivity contribution in [3.8, 4) is 0 Å². The third-order valence-corrected chi connectivity index (χ3v) is 0. The van der Waals surface area contributed by atoms with E-state index in [9.17, 15) is 0 Å². The van der Waals surface area contributed by atoms with Crippen LogP contribution >= 0.6 is 18.8 Å². The third kappa shape index (κ3) is 19.7. The van der Waals surface area contributed by atoms with Gasteiger partial charge in [-0.15, -0.1) is 0 Å². The van der Waals surface area contributed by atoms with Crippen LogP contribution in [0.5, 0.6) is 0 Å². The van der Waals surface area contributed by atoms with Crippen LogP contribution in [0.3, 0.4) is 0 Å². The van der Waals surface area contributed by atoms with Crippen LogP contribution in [0.2, 0.25) is 0 Å². The maximum absolute atomic E-state index is 4.25. The van der Waals surface area contributed by atoms with Gasteiger partial charge in [0.2, 0.25) is 0 Å². The van der Waals surface area contributed by atoms with Crippen molar-refractivity contribution in [2.24, 2.45) is 0 Å². The molecular weight excluding hydrogens is 354 g/mol. The van der Waals surface area contributed by atoms with E-state index < -0.39 is 0 Å². The van der Waals surface area contributed by atoms with Crippen molar-refractivity contribution >= 4 is 18.8 Å². The van der Waals surface area contributed by atoms with Crippen molar-refractivity contribution in [2.45, 2.75) is 0 Å². The minimum atomic E-state index is 0. The van der Waals surface area contributed by atoms with Crippen LogP contribution in [-0.2, 0) is 67.5 Å². The second-order valence-corrected chi connectivity index (χ2v) is 0. The van der Waals surface area contributed by atoms with Gasteiger partial charge in [0.25, 0.3) is 0 Å². The van der Waals surface area contributed by atoms with Crippen LogP contribution in [0.1, 0.15) is 0 Å². The quantitative estimate of drug-likeness (QED) is 0.602. The Kier molecular flexibility index (Phi) is 89.3. The fraction of sp³-hybridized carbons (Fsp3) is 0. The van der Waals surface area contributed by atoms with E-state index >= 15 is 0 Å². The van der Waals surface area contributed by atoms with Gasteiger partial charge in [0.05, 0.1) is 0 Å². The molecular formula is Cd2S2Zn. The molecule has 0 aliphatic heterocycles. The first-order valence-electron chi connectivity index (χ1n) is 0.577. The Morgan fingerprint density at radius 1 is 1.20 bits per heavy atom. The van der Waals surface area contributed by atoms with Crippen LogP contribution < -0.4 is 0 Å². The van der Waals surface area contributed by atoms with Gasteiger partial charge in [-0.2, -0.15) is 0 Å². The SMILES string of the molecule is [Cd].[S]=[Cd].[S]=[Zn]. The summed E-state index contributed by atoms with van der Waals surface area (Å²) in [4.78, 5) is 0. The summed E-state index contributed by atoms with van der Waals surface area (Å²) >= 11 is 1.69. The third-order valence-electron chi connectivity index (χ3n) is 0. The molecule has 0 N–H and O–H groups in total. The summed E-state index contributed by atoms with van der Waals surface area (Å²) in [7, 11) is 8.46. The molecule has 18 valence electrons. The molecule has 0 bridgehead atoms. The molecule has 0 amide bonds. The summed E-state index contributed by atoms with van der Waals surface area (Å²) in [5.41, 5.74) is 0. The summed E-state index contributed by atoms with van der Waals surface area (Å²) in [5, 5.41) is 0. The van der Waals surface area contributed by atoms with Crippen molar-refractivity contribution < 1.29 is 67.5 Å².